The van der Waals surface area contributed by atoms with Crippen LogP contribution in [0, 0.1) is 0 Å². The van der Waals surface area contributed by atoms with E-state index in [0.717, 1.165) is 0 Å². The van der Waals surface area contributed by atoms with E-state index >= 15 is 0 Å². The van der Waals surface area contributed by atoms with Gasteiger partial charge in [0, 0.05) is 12.4 Å². The third kappa shape index (κ3) is 24.8. The molecule has 1 heterocycles. The third-order valence-corrected chi connectivity index (χ3v) is 0.406. The molecule has 8 heteroatoms. The second-order valence-electron chi connectivity index (χ2n) is 1.03. The van der Waals surface area contributed by atoms with E-state index < -0.39 is 8.25 Å². The quantitative estimate of drug-likeness (QED) is 0.327. The minimum atomic E-state index is -3.38. The van der Waals surface area contributed by atoms with Gasteiger partial charge in [0.2, 0.25) is 0 Å². The zero-order chi connectivity index (χ0) is 7.11. The van der Waals surface area contributed by atoms with E-state index in [0.29, 0.717) is 0 Å². The molecule has 1 unspecified atom stereocenters. The van der Waals surface area contributed by atoms with Crippen LogP contribution in [0.15, 0.2) is 18.7 Å². The number of nitrogens with zero attached hydrogens (tertiary/aromatic N) is 1. The van der Waals surface area contributed by atoms with Crippen molar-refractivity contribution in [1.29, 1.82) is 0 Å². The molecule has 1 atom stereocenters. The summed E-state index contributed by atoms with van der Waals surface area (Å²) >= 11 is 0. The van der Waals surface area contributed by atoms with E-state index in [1.165, 1.54) is 0 Å². The summed E-state index contributed by atoms with van der Waals surface area (Å²) in [7, 11) is -3.38. The molecule has 60 valence electrons. The van der Waals surface area contributed by atoms with Crippen molar-refractivity contribution in [2.24, 2.45) is 0 Å². The van der Waals surface area contributed by atoms with Gasteiger partial charge in [-0.25, -0.2) is 4.98 Å². The maximum atomic E-state index is 8.63. The number of hydrogen-bond acceptors (Lipinski definition) is 3. The molecule has 0 aromatic carbocycles. The fourth-order valence-electron chi connectivity index (χ4n) is 0.215. The zero-order valence-electron chi connectivity index (χ0n) is 5.94. The van der Waals surface area contributed by atoms with Crippen molar-refractivity contribution < 1.29 is 71.2 Å². The first kappa shape index (κ1) is 17.9. The van der Waals surface area contributed by atoms with Crippen molar-refractivity contribution in [2.75, 3.05) is 0 Å². The molecule has 0 aliphatic heterocycles. The first-order chi connectivity index (χ1) is 4.23. The van der Waals surface area contributed by atoms with E-state index in [4.69, 9.17) is 14.4 Å². The Morgan fingerprint density at radius 2 is 2.09 bits per heavy atom. The molecule has 0 amide bonds. The fraction of sp³-hybridized carbons (Fsp3) is 0. The van der Waals surface area contributed by atoms with E-state index in [-0.39, 0.29) is 56.9 Å². The van der Waals surface area contributed by atoms with Gasteiger partial charge >= 0.3 is 51.4 Å². The van der Waals surface area contributed by atoms with Gasteiger partial charge in [-0.3, -0.25) is 0 Å². The second kappa shape index (κ2) is 13.5. The number of hydrogen-bond donors (Lipinski definition) is 2. The molecule has 0 aliphatic rings. The van der Waals surface area contributed by atoms with E-state index in [9.17, 15) is 0 Å². The Morgan fingerprint density at radius 3 is 2.18 bits per heavy atom. The van der Waals surface area contributed by atoms with Gasteiger partial charge in [-0.15, -0.1) is 0 Å². The van der Waals surface area contributed by atoms with Gasteiger partial charge in [-0.1, -0.05) is 0 Å². The Balaban J connectivity index is -0.000000101. The number of rotatable bonds is 0. The van der Waals surface area contributed by atoms with Gasteiger partial charge in [0.15, 0.2) is 0 Å². The van der Waals surface area contributed by atoms with Crippen LogP contribution in [0.3, 0.4) is 0 Å². The number of aromatic amines is 1. The molecule has 1 rings (SSSR count). The van der Waals surface area contributed by atoms with Crippen LogP contribution in [0.5, 0.6) is 0 Å². The summed E-state index contributed by atoms with van der Waals surface area (Å²) in [5.74, 6) is 0. The maximum Gasteiger partial charge on any atom is 1.00 e. The van der Waals surface area contributed by atoms with Gasteiger partial charge in [-0.05, 0) is 0 Å². The fourth-order valence-corrected chi connectivity index (χ4v) is 0.215. The van der Waals surface area contributed by atoms with Crippen molar-refractivity contribution in [1.82, 2.24) is 9.97 Å². The third-order valence-electron chi connectivity index (χ3n) is 0.406. The summed E-state index contributed by atoms with van der Waals surface area (Å²) in [5, 5.41) is 0. The molecule has 0 saturated carbocycles. The predicted octanol–water partition coefficient (Wildman–Crippen LogP) is -4.68. The van der Waals surface area contributed by atoms with Crippen molar-refractivity contribution in [3.63, 3.8) is 0 Å². The molecular formula is C3H8KN2O4P. The van der Waals surface area contributed by atoms with Crippen LogP contribution in [0.1, 0.15) is 0 Å². The molecule has 0 spiro atoms. The van der Waals surface area contributed by atoms with Crippen molar-refractivity contribution in [3.8, 4) is 0 Å². The molecule has 0 fully saturated rings. The Labute approximate surface area is 107 Å². The van der Waals surface area contributed by atoms with Gasteiger partial charge < -0.3 is 24.8 Å². The first-order valence-corrected chi connectivity index (χ1v) is 3.32. The van der Waals surface area contributed by atoms with Gasteiger partial charge in [0.1, 0.15) is 8.25 Å². The molecular weight excluding hydrogens is 198 g/mol. The van der Waals surface area contributed by atoms with E-state index in [2.05, 4.69) is 9.97 Å². The van der Waals surface area contributed by atoms with Crippen LogP contribution in [-0.2, 0) is 4.57 Å². The summed E-state index contributed by atoms with van der Waals surface area (Å²) < 4.78 is 8.63. The number of aromatic nitrogens is 2. The average Bonchev–Trinajstić information content (AvgIpc) is 2.11. The average molecular weight is 206 g/mol. The van der Waals surface area contributed by atoms with Crippen LogP contribution < -0.4 is 56.3 Å². The molecule has 6 nitrogen and oxygen atoms in total. The summed E-state index contributed by atoms with van der Waals surface area (Å²) in [5.41, 5.74) is 0. The molecule has 0 aliphatic carbocycles. The Kier molecular flexibility index (Phi) is 22.0. The predicted molar refractivity (Wildman–Crippen MR) is 33.4 cm³/mol. The maximum absolute atomic E-state index is 8.63. The topological polar surface area (TPSA) is 121 Å². The van der Waals surface area contributed by atoms with Crippen LogP contribution in [0.4, 0.5) is 0 Å². The summed E-state index contributed by atoms with van der Waals surface area (Å²) in [4.78, 5) is 22.1. The molecule has 1 aromatic heterocycles. The van der Waals surface area contributed by atoms with E-state index in [1.54, 1.807) is 18.7 Å². The van der Waals surface area contributed by atoms with Crippen molar-refractivity contribution in [2.45, 2.75) is 0 Å². The number of nitrogens with one attached hydrogen (secondary N) is 1. The molecule has 0 saturated heterocycles. The molecule has 0 bridgehead atoms. The van der Waals surface area contributed by atoms with E-state index in [1.807, 2.05) is 0 Å². The van der Waals surface area contributed by atoms with Gasteiger partial charge in [0.25, 0.3) is 0 Å². The molecule has 4 N–H and O–H groups in total. The first-order valence-electron chi connectivity index (χ1n) is 2.06. The van der Waals surface area contributed by atoms with Crippen molar-refractivity contribution >= 4 is 8.25 Å². The smallest absolute Gasteiger partial charge is 0.781 e. The largest absolute Gasteiger partial charge is 1.00 e. The Bertz CT molecular complexity index is 137. The Morgan fingerprint density at radius 1 is 1.64 bits per heavy atom. The SMILES string of the molecule is O.O=[PH]([O-])O.[K+].c1c[nH]cn1. The van der Waals surface area contributed by atoms with Gasteiger partial charge in [0.05, 0.1) is 6.33 Å². The monoisotopic (exact) mass is 206 g/mol. The minimum Gasteiger partial charge on any atom is -0.781 e. The van der Waals surface area contributed by atoms with Crippen molar-refractivity contribution in [3.05, 3.63) is 18.7 Å². The molecule has 11 heavy (non-hydrogen) atoms. The minimum absolute atomic E-state index is 0. The normalized spacial score (nSPS) is 9.27. The summed E-state index contributed by atoms with van der Waals surface area (Å²) in [6.45, 7) is 0. The van der Waals surface area contributed by atoms with Crippen LogP contribution >= 0.6 is 8.25 Å². The van der Waals surface area contributed by atoms with Crippen LogP contribution in [0.2, 0.25) is 0 Å². The molecule has 0 radical (unpaired) electrons. The standard InChI is InChI=1S/C3H4N2.K.H3O3P.H2O/c1-2-5-3-4-1;;1-4(2)3;/h1-3H,(H,4,5);;4H,(H2,1,2,3);1H2/q;+1;;/p-1. The summed E-state index contributed by atoms with van der Waals surface area (Å²) in [6, 6.07) is 0. The van der Waals surface area contributed by atoms with Crippen LogP contribution in [-0.4, -0.2) is 20.3 Å². The second-order valence-corrected chi connectivity index (χ2v) is 1.56. The molecule has 1 aromatic rings. The number of H-pyrrole nitrogens is 1. The Hall–Kier alpha value is 0.956. The zero-order valence-corrected chi connectivity index (χ0v) is 10.1. The summed E-state index contributed by atoms with van der Waals surface area (Å²) in [6.07, 6.45) is 5.08. The van der Waals surface area contributed by atoms with Gasteiger partial charge in [-0.2, -0.15) is 0 Å². The van der Waals surface area contributed by atoms with Crippen LogP contribution in [0.25, 0.3) is 0 Å². The number of imidazole rings is 1.